The molecule has 2 saturated heterocycles. The van der Waals surface area contributed by atoms with E-state index >= 15 is 0 Å². The molecule has 5 nitrogen and oxygen atoms in total. The maximum atomic E-state index is 11.9. The minimum Gasteiger partial charge on any atom is -0.353 e. The lowest BCUT2D eigenvalue weighted by Gasteiger charge is -2.31. The van der Waals surface area contributed by atoms with Gasteiger partial charge in [0.1, 0.15) is 0 Å². The van der Waals surface area contributed by atoms with Crippen LogP contribution in [0.3, 0.4) is 0 Å². The Morgan fingerprint density at radius 3 is 2.56 bits per heavy atom. The van der Waals surface area contributed by atoms with Gasteiger partial charge in [0, 0.05) is 38.5 Å². The van der Waals surface area contributed by atoms with Crippen molar-refractivity contribution in [3.63, 3.8) is 0 Å². The summed E-state index contributed by atoms with van der Waals surface area (Å²) < 4.78 is 0. The Morgan fingerprint density at radius 2 is 2.00 bits per heavy atom. The monoisotopic (exact) mass is 253 g/mol. The van der Waals surface area contributed by atoms with E-state index in [2.05, 4.69) is 10.6 Å². The van der Waals surface area contributed by atoms with E-state index in [1.54, 1.807) is 6.92 Å². The van der Waals surface area contributed by atoms with E-state index in [1.807, 2.05) is 4.90 Å². The highest BCUT2D eigenvalue weighted by atomic mass is 16.2. The number of amides is 2. The molecule has 5 heteroatoms. The average molecular weight is 253 g/mol. The van der Waals surface area contributed by atoms with Crippen LogP contribution in [0.5, 0.6) is 0 Å². The molecule has 0 saturated carbocycles. The van der Waals surface area contributed by atoms with Gasteiger partial charge in [-0.05, 0) is 32.2 Å². The summed E-state index contributed by atoms with van der Waals surface area (Å²) in [5, 5.41) is 6.42. The van der Waals surface area contributed by atoms with Gasteiger partial charge in [-0.2, -0.15) is 0 Å². The predicted molar refractivity (Wildman–Crippen MR) is 69.1 cm³/mol. The largest absolute Gasteiger partial charge is 0.353 e. The van der Waals surface area contributed by atoms with Crippen LogP contribution in [0.1, 0.15) is 39.0 Å². The highest BCUT2D eigenvalue weighted by Gasteiger charge is 2.23. The van der Waals surface area contributed by atoms with Crippen molar-refractivity contribution in [1.29, 1.82) is 0 Å². The molecule has 2 N–H and O–H groups in total. The van der Waals surface area contributed by atoms with Crippen molar-refractivity contribution in [2.45, 2.75) is 51.1 Å². The molecular formula is C13H23N3O2. The number of likely N-dealkylation sites (tertiary alicyclic amines) is 1. The predicted octanol–water partition coefficient (Wildman–Crippen LogP) is 0.256. The van der Waals surface area contributed by atoms with Crippen molar-refractivity contribution in [2.75, 3.05) is 19.6 Å². The number of rotatable bonds is 3. The van der Waals surface area contributed by atoms with Crippen LogP contribution in [-0.4, -0.2) is 48.4 Å². The van der Waals surface area contributed by atoms with E-state index in [-0.39, 0.29) is 17.9 Å². The highest BCUT2D eigenvalue weighted by Crippen LogP contribution is 2.12. The lowest BCUT2D eigenvalue weighted by Crippen LogP contribution is -2.46. The van der Waals surface area contributed by atoms with Gasteiger partial charge in [-0.15, -0.1) is 0 Å². The fourth-order valence-corrected chi connectivity index (χ4v) is 2.78. The van der Waals surface area contributed by atoms with Crippen molar-refractivity contribution >= 4 is 11.8 Å². The molecule has 102 valence electrons. The van der Waals surface area contributed by atoms with Gasteiger partial charge < -0.3 is 15.5 Å². The van der Waals surface area contributed by atoms with Crippen molar-refractivity contribution in [1.82, 2.24) is 15.5 Å². The maximum absolute atomic E-state index is 11.9. The van der Waals surface area contributed by atoms with Crippen molar-refractivity contribution in [2.24, 2.45) is 0 Å². The van der Waals surface area contributed by atoms with Gasteiger partial charge >= 0.3 is 0 Å². The molecule has 0 aliphatic carbocycles. The van der Waals surface area contributed by atoms with E-state index in [4.69, 9.17) is 0 Å². The van der Waals surface area contributed by atoms with Crippen LogP contribution in [0.15, 0.2) is 0 Å². The second-order valence-electron chi connectivity index (χ2n) is 5.35. The van der Waals surface area contributed by atoms with Crippen LogP contribution in [0.2, 0.25) is 0 Å². The van der Waals surface area contributed by atoms with Crippen LogP contribution < -0.4 is 10.6 Å². The Labute approximate surface area is 108 Å². The van der Waals surface area contributed by atoms with Crippen LogP contribution in [0, 0.1) is 0 Å². The standard InChI is InChI=1S/C13H23N3O2/c1-10(17)16-7-4-11(5-8-16)15-13(18)9-12-3-2-6-14-12/h11-12,14H,2-9H2,1H3,(H,15,18). The number of carbonyl (C=O) groups excluding carboxylic acids is 2. The molecule has 0 aromatic rings. The number of nitrogens with one attached hydrogen (secondary N) is 2. The summed E-state index contributed by atoms with van der Waals surface area (Å²) >= 11 is 0. The fourth-order valence-electron chi connectivity index (χ4n) is 2.78. The third-order valence-corrected chi connectivity index (χ3v) is 3.90. The van der Waals surface area contributed by atoms with Crippen molar-refractivity contribution in [3.8, 4) is 0 Å². The van der Waals surface area contributed by atoms with Crippen molar-refractivity contribution < 1.29 is 9.59 Å². The van der Waals surface area contributed by atoms with E-state index in [0.717, 1.165) is 38.9 Å². The molecule has 2 rings (SSSR count). The van der Waals surface area contributed by atoms with E-state index in [9.17, 15) is 9.59 Å². The summed E-state index contributed by atoms with van der Waals surface area (Å²) in [6.07, 6.45) is 4.63. The molecule has 1 atom stereocenters. The molecule has 2 heterocycles. The van der Waals surface area contributed by atoms with Gasteiger partial charge in [-0.3, -0.25) is 9.59 Å². The van der Waals surface area contributed by atoms with Gasteiger partial charge in [-0.25, -0.2) is 0 Å². The molecule has 2 fully saturated rings. The molecular weight excluding hydrogens is 230 g/mol. The molecule has 1 unspecified atom stereocenters. The third-order valence-electron chi connectivity index (χ3n) is 3.90. The number of hydrogen-bond donors (Lipinski definition) is 2. The van der Waals surface area contributed by atoms with Gasteiger partial charge in [0.2, 0.25) is 11.8 Å². The van der Waals surface area contributed by atoms with Gasteiger partial charge in [0.25, 0.3) is 0 Å². The second kappa shape index (κ2) is 6.18. The van der Waals surface area contributed by atoms with E-state index in [1.165, 1.54) is 6.42 Å². The number of carbonyl (C=O) groups is 2. The quantitative estimate of drug-likeness (QED) is 0.758. The Bertz CT molecular complexity index is 305. The summed E-state index contributed by atoms with van der Waals surface area (Å²) in [6, 6.07) is 0.608. The molecule has 2 aliphatic heterocycles. The number of hydrogen-bond acceptors (Lipinski definition) is 3. The van der Waals surface area contributed by atoms with Gasteiger partial charge in [-0.1, -0.05) is 0 Å². The van der Waals surface area contributed by atoms with Crippen LogP contribution in [-0.2, 0) is 9.59 Å². The van der Waals surface area contributed by atoms with Crippen LogP contribution >= 0.6 is 0 Å². The van der Waals surface area contributed by atoms with Gasteiger partial charge in [0.15, 0.2) is 0 Å². The molecule has 0 bridgehead atoms. The minimum atomic E-state index is 0.134. The first-order valence-electron chi connectivity index (χ1n) is 6.93. The molecule has 18 heavy (non-hydrogen) atoms. The first-order valence-corrected chi connectivity index (χ1v) is 6.93. The zero-order valence-electron chi connectivity index (χ0n) is 11.1. The van der Waals surface area contributed by atoms with Crippen LogP contribution in [0.25, 0.3) is 0 Å². The zero-order chi connectivity index (χ0) is 13.0. The summed E-state index contributed by atoms with van der Waals surface area (Å²) in [5.41, 5.74) is 0. The van der Waals surface area contributed by atoms with E-state index in [0.29, 0.717) is 12.5 Å². The smallest absolute Gasteiger partial charge is 0.221 e. The molecule has 0 aromatic heterocycles. The minimum absolute atomic E-state index is 0.134. The van der Waals surface area contributed by atoms with Gasteiger partial charge in [0.05, 0.1) is 0 Å². The molecule has 2 amide bonds. The Hall–Kier alpha value is -1.10. The van der Waals surface area contributed by atoms with Crippen LogP contribution in [0.4, 0.5) is 0 Å². The second-order valence-corrected chi connectivity index (χ2v) is 5.35. The topological polar surface area (TPSA) is 61.4 Å². The lowest BCUT2D eigenvalue weighted by molar-refractivity contribution is -0.130. The summed E-state index contributed by atoms with van der Waals surface area (Å²) in [6.45, 7) is 4.17. The lowest BCUT2D eigenvalue weighted by atomic mass is 10.0. The Morgan fingerprint density at radius 1 is 1.28 bits per heavy atom. The number of piperidine rings is 1. The SMILES string of the molecule is CC(=O)N1CCC(NC(=O)CC2CCCN2)CC1. The number of nitrogens with zero attached hydrogens (tertiary/aromatic N) is 1. The molecule has 0 aromatic carbocycles. The maximum Gasteiger partial charge on any atom is 0.221 e. The average Bonchev–Trinajstić information content (AvgIpc) is 2.82. The molecule has 0 spiro atoms. The summed E-state index contributed by atoms with van der Waals surface area (Å²) in [7, 11) is 0. The Kier molecular flexibility index (Phi) is 4.58. The normalized spacial score (nSPS) is 25.2. The fraction of sp³-hybridized carbons (Fsp3) is 0.846. The van der Waals surface area contributed by atoms with Crippen molar-refractivity contribution in [3.05, 3.63) is 0 Å². The summed E-state index contributed by atoms with van der Waals surface area (Å²) in [5.74, 6) is 0.283. The highest BCUT2D eigenvalue weighted by molar-refractivity contribution is 5.77. The first-order chi connectivity index (χ1) is 8.65. The molecule has 2 aliphatic rings. The zero-order valence-corrected chi connectivity index (χ0v) is 11.1. The third kappa shape index (κ3) is 3.70. The summed E-state index contributed by atoms with van der Waals surface area (Å²) in [4.78, 5) is 24.9. The van der Waals surface area contributed by atoms with E-state index < -0.39 is 0 Å². The first kappa shape index (κ1) is 13.3. The Balaban J connectivity index is 1.67. The molecule has 0 radical (unpaired) electrons.